The highest BCUT2D eigenvalue weighted by molar-refractivity contribution is 5.89. The maximum absolute atomic E-state index is 11.5. The fourth-order valence-electron chi connectivity index (χ4n) is 4.31. The summed E-state index contributed by atoms with van der Waals surface area (Å²) in [5.74, 6) is -0.423. The highest BCUT2D eigenvalue weighted by atomic mass is 16.4. The molecule has 1 N–H and O–H groups in total. The molecule has 1 aromatic carbocycles. The molecule has 2 heterocycles. The van der Waals surface area contributed by atoms with Gasteiger partial charge in [-0.05, 0) is 72.9 Å². The molecule has 0 fully saturated rings. The van der Waals surface area contributed by atoms with Gasteiger partial charge < -0.3 is 10.0 Å². The topological polar surface area (TPSA) is 71.2 Å². The number of carbonyl (C=O) groups is 1. The van der Waals surface area contributed by atoms with Gasteiger partial charge in [-0.15, -0.1) is 0 Å². The summed E-state index contributed by atoms with van der Waals surface area (Å²) < 4.78 is 1.81. The number of carboxylic acids is 1. The van der Waals surface area contributed by atoms with Crippen LogP contribution in [0.25, 0.3) is 0 Å². The Kier molecular flexibility index (Phi) is 5.34. The van der Waals surface area contributed by atoms with Crippen molar-refractivity contribution in [2.45, 2.75) is 38.0 Å². The standard InChI is InChI=1S/C23H26N4O2/c1-26-15-20(14-25-26)27(2)19-8-9-21-16(4-3-5-17(21)12-19)6-7-18-13-24-11-10-22(18)23(28)29/h8-16H,3-7H2,1-2H3,(H,28,29)/t16-/m0/s1. The Labute approximate surface area is 170 Å². The van der Waals surface area contributed by atoms with Crippen molar-refractivity contribution in [3.05, 3.63) is 71.3 Å². The van der Waals surface area contributed by atoms with Gasteiger partial charge in [-0.2, -0.15) is 5.10 Å². The van der Waals surface area contributed by atoms with Gasteiger partial charge in [0.1, 0.15) is 0 Å². The molecule has 0 saturated heterocycles. The van der Waals surface area contributed by atoms with Gasteiger partial charge in [0.15, 0.2) is 0 Å². The summed E-state index contributed by atoms with van der Waals surface area (Å²) in [5, 5.41) is 13.7. The molecule has 2 aromatic heterocycles. The second-order valence-electron chi connectivity index (χ2n) is 7.78. The van der Waals surface area contributed by atoms with E-state index in [1.165, 1.54) is 11.1 Å². The van der Waals surface area contributed by atoms with Crippen molar-refractivity contribution < 1.29 is 9.90 Å². The quantitative estimate of drug-likeness (QED) is 0.678. The van der Waals surface area contributed by atoms with Gasteiger partial charge in [-0.3, -0.25) is 9.67 Å². The Balaban J connectivity index is 1.52. The van der Waals surface area contributed by atoms with Crippen molar-refractivity contribution in [1.82, 2.24) is 14.8 Å². The van der Waals surface area contributed by atoms with Crippen LogP contribution in [0.2, 0.25) is 0 Å². The molecule has 29 heavy (non-hydrogen) atoms. The highest BCUT2D eigenvalue weighted by Crippen LogP contribution is 2.37. The normalized spacial score (nSPS) is 15.7. The Hall–Kier alpha value is -3.15. The Morgan fingerprint density at radius 1 is 1.28 bits per heavy atom. The van der Waals surface area contributed by atoms with E-state index >= 15 is 0 Å². The second-order valence-corrected chi connectivity index (χ2v) is 7.78. The maximum atomic E-state index is 11.5. The number of hydrogen-bond donors (Lipinski definition) is 1. The lowest BCUT2D eigenvalue weighted by atomic mass is 9.79. The van der Waals surface area contributed by atoms with Crippen LogP contribution in [0.1, 0.15) is 52.2 Å². The lowest BCUT2D eigenvalue weighted by molar-refractivity contribution is 0.0695. The molecule has 0 aliphatic heterocycles. The number of carboxylic acid groups (broad SMARTS) is 1. The molecule has 0 spiro atoms. The summed E-state index contributed by atoms with van der Waals surface area (Å²) in [6, 6.07) is 8.31. The fourth-order valence-corrected chi connectivity index (χ4v) is 4.31. The van der Waals surface area contributed by atoms with Gasteiger partial charge in [-0.25, -0.2) is 4.79 Å². The second kappa shape index (κ2) is 8.07. The summed E-state index contributed by atoms with van der Waals surface area (Å²) in [4.78, 5) is 17.7. The number of benzene rings is 1. The zero-order chi connectivity index (χ0) is 20.4. The van der Waals surface area contributed by atoms with Crippen molar-refractivity contribution in [3.8, 4) is 0 Å². The van der Waals surface area contributed by atoms with Gasteiger partial charge >= 0.3 is 5.97 Å². The molecular formula is C23H26N4O2. The largest absolute Gasteiger partial charge is 0.478 e. The van der Waals surface area contributed by atoms with Crippen molar-refractivity contribution >= 4 is 17.3 Å². The number of nitrogens with zero attached hydrogens (tertiary/aromatic N) is 4. The van der Waals surface area contributed by atoms with Gasteiger partial charge in [0.25, 0.3) is 0 Å². The number of rotatable bonds is 6. The molecule has 0 bridgehead atoms. The third kappa shape index (κ3) is 4.01. The summed E-state index contributed by atoms with van der Waals surface area (Å²) >= 11 is 0. The zero-order valence-corrected chi connectivity index (χ0v) is 16.9. The number of aryl methyl sites for hydroxylation is 3. The lowest BCUT2D eigenvalue weighted by Crippen LogP contribution is -2.14. The molecule has 6 heteroatoms. The lowest BCUT2D eigenvalue weighted by Gasteiger charge is -2.28. The number of pyridine rings is 1. The minimum atomic E-state index is -0.880. The summed E-state index contributed by atoms with van der Waals surface area (Å²) in [6.45, 7) is 0. The minimum absolute atomic E-state index is 0.365. The molecule has 0 unspecified atom stereocenters. The van der Waals surface area contributed by atoms with E-state index in [9.17, 15) is 9.90 Å². The average Bonchev–Trinajstić information content (AvgIpc) is 3.17. The van der Waals surface area contributed by atoms with Crippen LogP contribution >= 0.6 is 0 Å². The fraction of sp³-hybridized carbons (Fsp3) is 0.348. The van der Waals surface area contributed by atoms with Crippen molar-refractivity contribution in [1.29, 1.82) is 0 Å². The zero-order valence-electron chi connectivity index (χ0n) is 16.9. The van der Waals surface area contributed by atoms with Crippen LogP contribution in [0.3, 0.4) is 0 Å². The van der Waals surface area contributed by atoms with E-state index in [0.717, 1.165) is 49.0 Å². The molecule has 1 aliphatic rings. The van der Waals surface area contributed by atoms with Crippen molar-refractivity contribution in [2.24, 2.45) is 7.05 Å². The maximum Gasteiger partial charge on any atom is 0.336 e. The predicted molar refractivity (Wildman–Crippen MR) is 113 cm³/mol. The predicted octanol–water partition coefficient (Wildman–Crippen LogP) is 4.33. The molecule has 0 radical (unpaired) electrons. The Morgan fingerprint density at radius 2 is 2.14 bits per heavy atom. The van der Waals surface area contributed by atoms with Gasteiger partial charge in [-0.1, -0.05) is 6.07 Å². The van der Waals surface area contributed by atoms with Gasteiger partial charge in [0.2, 0.25) is 0 Å². The first-order valence-electron chi connectivity index (χ1n) is 10.0. The number of hydrogen-bond acceptors (Lipinski definition) is 4. The number of aromatic carboxylic acids is 1. The molecule has 6 nitrogen and oxygen atoms in total. The highest BCUT2D eigenvalue weighted by Gasteiger charge is 2.22. The molecular weight excluding hydrogens is 364 g/mol. The van der Waals surface area contributed by atoms with E-state index in [1.807, 2.05) is 24.1 Å². The van der Waals surface area contributed by atoms with E-state index in [-0.39, 0.29) is 0 Å². The third-order valence-corrected chi connectivity index (χ3v) is 5.93. The van der Waals surface area contributed by atoms with Crippen LogP contribution in [-0.4, -0.2) is 32.9 Å². The summed E-state index contributed by atoms with van der Waals surface area (Å²) in [7, 11) is 3.99. The molecule has 1 atom stereocenters. The van der Waals surface area contributed by atoms with E-state index in [2.05, 4.69) is 40.2 Å². The van der Waals surface area contributed by atoms with Crippen LogP contribution in [0.4, 0.5) is 11.4 Å². The molecule has 0 saturated carbocycles. The first-order valence-corrected chi connectivity index (χ1v) is 10.0. The SMILES string of the molecule is CN(c1ccc2c(c1)CCC[C@H]2CCc1cnccc1C(=O)O)c1cnn(C)c1. The van der Waals surface area contributed by atoms with Gasteiger partial charge in [0.05, 0.1) is 17.4 Å². The van der Waals surface area contributed by atoms with E-state index < -0.39 is 5.97 Å². The number of fused-ring (bicyclic) bond motifs is 1. The van der Waals surface area contributed by atoms with E-state index in [1.54, 1.807) is 18.5 Å². The first kappa shape index (κ1) is 19.2. The first-order chi connectivity index (χ1) is 14.0. The molecule has 3 aromatic rings. The van der Waals surface area contributed by atoms with Crippen LogP contribution in [0.15, 0.2) is 49.1 Å². The Morgan fingerprint density at radius 3 is 2.90 bits per heavy atom. The number of aromatic nitrogens is 3. The van der Waals surface area contributed by atoms with E-state index in [4.69, 9.17) is 0 Å². The van der Waals surface area contributed by atoms with Crippen LogP contribution in [0.5, 0.6) is 0 Å². The monoisotopic (exact) mass is 390 g/mol. The minimum Gasteiger partial charge on any atom is -0.478 e. The van der Waals surface area contributed by atoms with Crippen LogP contribution in [0, 0.1) is 0 Å². The Bertz CT molecular complexity index is 1030. The molecule has 1 aliphatic carbocycles. The summed E-state index contributed by atoms with van der Waals surface area (Å²) in [6.07, 6.45) is 12.2. The smallest absolute Gasteiger partial charge is 0.336 e. The van der Waals surface area contributed by atoms with Gasteiger partial charge in [0, 0.05) is 38.4 Å². The average molecular weight is 390 g/mol. The van der Waals surface area contributed by atoms with Crippen LogP contribution in [-0.2, 0) is 19.9 Å². The van der Waals surface area contributed by atoms with Crippen LogP contribution < -0.4 is 4.90 Å². The number of anilines is 2. The molecule has 0 amide bonds. The molecule has 150 valence electrons. The summed E-state index contributed by atoms with van der Waals surface area (Å²) in [5.41, 5.74) is 6.22. The van der Waals surface area contributed by atoms with E-state index in [0.29, 0.717) is 11.5 Å². The third-order valence-electron chi connectivity index (χ3n) is 5.93. The molecule has 4 rings (SSSR count). The van der Waals surface area contributed by atoms with Crippen molar-refractivity contribution in [2.75, 3.05) is 11.9 Å². The van der Waals surface area contributed by atoms with Crippen molar-refractivity contribution in [3.63, 3.8) is 0 Å².